The zero-order chi connectivity index (χ0) is 11.0. The monoisotopic (exact) mass is 240 g/mol. The van der Waals surface area contributed by atoms with Crippen LogP contribution in [-0.4, -0.2) is 30.2 Å². The van der Waals surface area contributed by atoms with Crippen LogP contribution in [-0.2, 0) is 18.4 Å². The summed E-state index contributed by atoms with van der Waals surface area (Å²) < 4.78 is 21.9. The molecular formula is C8H17O4PS. The van der Waals surface area contributed by atoms with Crippen molar-refractivity contribution in [3.63, 3.8) is 0 Å². The molecule has 0 rings (SSSR count). The van der Waals surface area contributed by atoms with Crippen molar-refractivity contribution in [3.05, 3.63) is 0 Å². The molecule has 0 aliphatic rings. The van der Waals surface area contributed by atoms with Gasteiger partial charge in [-0.2, -0.15) is 0 Å². The van der Waals surface area contributed by atoms with Gasteiger partial charge in [0.15, 0.2) is 5.12 Å². The van der Waals surface area contributed by atoms with Crippen molar-refractivity contribution in [3.8, 4) is 0 Å². The van der Waals surface area contributed by atoms with E-state index in [0.717, 1.165) is 11.8 Å². The van der Waals surface area contributed by atoms with E-state index in [0.29, 0.717) is 25.1 Å². The molecule has 0 saturated heterocycles. The standard InChI is InChI=1S/C8H17O4PS/c1-4-11-13(10,12-5-2)6-7-14-8(3)9/h4-7H2,1-3H3. The molecule has 84 valence electrons. The number of carbonyl (C=O) groups is 1. The molecule has 0 N–H and O–H groups in total. The molecule has 0 saturated carbocycles. The average molecular weight is 240 g/mol. The molecule has 14 heavy (non-hydrogen) atoms. The minimum atomic E-state index is -2.95. The Morgan fingerprint density at radius 1 is 1.29 bits per heavy atom. The fraction of sp³-hybridized carbons (Fsp3) is 0.875. The van der Waals surface area contributed by atoms with Gasteiger partial charge in [0.1, 0.15) is 0 Å². The minimum absolute atomic E-state index is 0.0181. The van der Waals surface area contributed by atoms with Crippen LogP contribution in [0.5, 0.6) is 0 Å². The van der Waals surface area contributed by atoms with Crippen molar-refractivity contribution in [1.29, 1.82) is 0 Å². The SMILES string of the molecule is CCOP(=O)(CCSC(C)=O)OCC. The van der Waals surface area contributed by atoms with Gasteiger partial charge in [-0.1, -0.05) is 11.8 Å². The highest BCUT2D eigenvalue weighted by Crippen LogP contribution is 2.48. The molecule has 0 aromatic carbocycles. The van der Waals surface area contributed by atoms with Gasteiger partial charge in [-0.05, 0) is 13.8 Å². The molecular weight excluding hydrogens is 223 g/mol. The molecule has 0 aromatic rings. The Labute approximate surface area is 89.3 Å². The van der Waals surface area contributed by atoms with Gasteiger partial charge in [0.2, 0.25) is 0 Å². The first-order chi connectivity index (χ1) is 6.54. The molecule has 0 unspecified atom stereocenters. The van der Waals surface area contributed by atoms with E-state index < -0.39 is 7.60 Å². The Bertz CT molecular complexity index is 209. The van der Waals surface area contributed by atoms with E-state index in [9.17, 15) is 9.36 Å². The smallest absolute Gasteiger partial charge is 0.309 e. The average Bonchev–Trinajstić information content (AvgIpc) is 2.03. The van der Waals surface area contributed by atoms with E-state index in [-0.39, 0.29) is 5.12 Å². The van der Waals surface area contributed by atoms with Crippen LogP contribution in [0, 0.1) is 0 Å². The van der Waals surface area contributed by atoms with Gasteiger partial charge in [-0.3, -0.25) is 9.36 Å². The Balaban J connectivity index is 3.96. The lowest BCUT2D eigenvalue weighted by Gasteiger charge is -2.15. The van der Waals surface area contributed by atoms with Gasteiger partial charge in [0, 0.05) is 12.7 Å². The maximum Gasteiger partial charge on any atom is 0.331 e. The number of hydrogen-bond acceptors (Lipinski definition) is 5. The summed E-state index contributed by atoms with van der Waals surface area (Å²) in [4.78, 5) is 10.6. The van der Waals surface area contributed by atoms with Crippen LogP contribution in [0.4, 0.5) is 0 Å². The van der Waals surface area contributed by atoms with Crippen LogP contribution in [0.3, 0.4) is 0 Å². The fourth-order valence-corrected chi connectivity index (χ4v) is 3.53. The summed E-state index contributed by atoms with van der Waals surface area (Å²) in [6, 6.07) is 0. The highest BCUT2D eigenvalue weighted by atomic mass is 32.2. The van der Waals surface area contributed by atoms with E-state index in [2.05, 4.69) is 0 Å². The lowest BCUT2D eigenvalue weighted by Crippen LogP contribution is -2.02. The lowest BCUT2D eigenvalue weighted by atomic mass is 10.9. The predicted molar refractivity (Wildman–Crippen MR) is 58.9 cm³/mol. The second kappa shape index (κ2) is 7.46. The molecule has 0 radical (unpaired) electrons. The Morgan fingerprint density at radius 2 is 1.79 bits per heavy atom. The largest absolute Gasteiger partial charge is 0.331 e. The number of thioether (sulfide) groups is 1. The minimum Gasteiger partial charge on any atom is -0.309 e. The van der Waals surface area contributed by atoms with Crippen molar-refractivity contribution in [2.75, 3.05) is 25.1 Å². The zero-order valence-corrected chi connectivity index (χ0v) is 10.5. The fourth-order valence-electron chi connectivity index (χ4n) is 0.861. The number of carbonyl (C=O) groups excluding carboxylic acids is 1. The summed E-state index contributed by atoms with van der Waals surface area (Å²) >= 11 is 1.14. The van der Waals surface area contributed by atoms with E-state index in [1.54, 1.807) is 13.8 Å². The molecule has 0 aliphatic carbocycles. The lowest BCUT2D eigenvalue weighted by molar-refractivity contribution is -0.109. The molecule has 0 atom stereocenters. The molecule has 4 nitrogen and oxygen atoms in total. The number of rotatable bonds is 7. The van der Waals surface area contributed by atoms with Crippen molar-refractivity contribution in [1.82, 2.24) is 0 Å². The van der Waals surface area contributed by atoms with Crippen LogP contribution in [0.25, 0.3) is 0 Å². The summed E-state index contributed by atoms with van der Waals surface area (Å²) in [6.45, 7) is 5.74. The molecule has 0 aromatic heterocycles. The second-order valence-corrected chi connectivity index (χ2v) is 5.97. The molecule has 0 bridgehead atoms. The number of hydrogen-bond donors (Lipinski definition) is 0. The first kappa shape index (κ1) is 14.2. The zero-order valence-electron chi connectivity index (χ0n) is 8.82. The van der Waals surface area contributed by atoms with Gasteiger partial charge in [0.25, 0.3) is 0 Å². The van der Waals surface area contributed by atoms with E-state index in [1.807, 2.05) is 0 Å². The first-order valence-electron chi connectivity index (χ1n) is 4.55. The van der Waals surface area contributed by atoms with E-state index in [1.165, 1.54) is 6.92 Å². The Kier molecular flexibility index (Phi) is 7.55. The van der Waals surface area contributed by atoms with Gasteiger partial charge in [-0.15, -0.1) is 0 Å². The topological polar surface area (TPSA) is 52.6 Å². The van der Waals surface area contributed by atoms with Crippen LogP contribution in [0.2, 0.25) is 0 Å². The molecule has 0 spiro atoms. The van der Waals surface area contributed by atoms with Gasteiger partial charge in [0.05, 0.1) is 19.4 Å². The van der Waals surface area contributed by atoms with Crippen molar-refractivity contribution >= 4 is 24.5 Å². The van der Waals surface area contributed by atoms with Crippen LogP contribution >= 0.6 is 19.4 Å². The highest BCUT2D eigenvalue weighted by molar-refractivity contribution is 8.13. The molecule has 6 heteroatoms. The quantitative estimate of drug-likeness (QED) is 0.640. The van der Waals surface area contributed by atoms with Crippen molar-refractivity contribution < 1.29 is 18.4 Å². The van der Waals surface area contributed by atoms with Crippen LogP contribution in [0.15, 0.2) is 0 Å². The van der Waals surface area contributed by atoms with Gasteiger partial charge in [-0.25, -0.2) is 0 Å². The Hall–Kier alpha value is 0.170. The van der Waals surface area contributed by atoms with Crippen LogP contribution in [0.1, 0.15) is 20.8 Å². The van der Waals surface area contributed by atoms with Crippen LogP contribution < -0.4 is 0 Å². The predicted octanol–water partition coefficient (Wildman–Crippen LogP) is 2.53. The maximum absolute atomic E-state index is 11.8. The third kappa shape index (κ3) is 6.60. The summed E-state index contributed by atoms with van der Waals surface area (Å²) in [7, 11) is -2.95. The summed E-state index contributed by atoms with van der Waals surface area (Å²) in [5, 5.41) is 0.0181. The van der Waals surface area contributed by atoms with E-state index in [4.69, 9.17) is 9.05 Å². The Morgan fingerprint density at radius 3 is 2.14 bits per heavy atom. The molecule has 0 amide bonds. The van der Waals surface area contributed by atoms with Gasteiger partial charge < -0.3 is 9.05 Å². The normalized spacial score (nSPS) is 11.6. The van der Waals surface area contributed by atoms with E-state index >= 15 is 0 Å². The second-order valence-electron chi connectivity index (χ2n) is 2.51. The molecule has 0 heterocycles. The maximum atomic E-state index is 11.8. The molecule has 0 aliphatic heterocycles. The third-order valence-electron chi connectivity index (χ3n) is 1.32. The summed E-state index contributed by atoms with van der Waals surface area (Å²) in [6.07, 6.45) is 0.291. The summed E-state index contributed by atoms with van der Waals surface area (Å²) in [5.41, 5.74) is 0. The third-order valence-corrected chi connectivity index (χ3v) is 4.51. The van der Waals surface area contributed by atoms with Gasteiger partial charge >= 0.3 is 7.60 Å². The van der Waals surface area contributed by atoms with Crippen molar-refractivity contribution in [2.45, 2.75) is 20.8 Å². The van der Waals surface area contributed by atoms with Crippen molar-refractivity contribution in [2.24, 2.45) is 0 Å². The highest BCUT2D eigenvalue weighted by Gasteiger charge is 2.22. The summed E-state index contributed by atoms with van der Waals surface area (Å²) in [5.74, 6) is 0.479. The first-order valence-corrected chi connectivity index (χ1v) is 7.27. The molecule has 0 fully saturated rings.